The summed E-state index contributed by atoms with van der Waals surface area (Å²) < 4.78 is 5.65. The Morgan fingerprint density at radius 2 is 2.03 bits per heavy atom. The summed E-state index contributed by atoms with van der Waals surface area (Å²) >= 11 is 7.38. The third kappa shape index (κ3) is 4.40. The van der Waals surface area contributed by atoms with Crippen molar-refractivity contribution in [1.82, 2.24) is 14.9 Å². The fourth-order valence-electron chi connectivity index (χ4n) is 4.54. The summed E-state index contributed by atoms with van der Waals surface area (Å²) in [5.41, 5.74) is 1.33. The van der Waals surface area contributed by atoms with Gasteiger partial charge in [0, 0.05) is 48.9 Å². The molecule has 0 aliphatic carbocycles. The number of likely N-dealkylation sites (tertiary alicyclic amines) is 1. The molecule has 2 aliphatic rings. The maximum Gasteiger partial charge on any atom is 0.337 e. The number of fused-ring (bicyclic) bond motifs is 2. The van der Waals surface area contributed by atoms with Crippen LogP contribution in [-0.4, -0.2) is 57.5 Å². The highest BCUT2D eigenvalue weighted by Gasteiger charge is 2.49. The van der Waals surface area contributed by atoms with Gasteiger partial charge in [-0.05, 0) is 36.2 Å². The van der Waals surface area contributed by atoms with Crippen LogP contribution in [0.5, 0.6) is 10.8 Å². The zero-order valence-corrected chi connectivity index (χ0v) is 20.1. The number of ether oxygens (including phenoxy) is 1. The molecule has 1 fully saturated rings. The van der Waals surface area contributed by atoms with Crippen molar-refractivity contribution in [3.8, 4) is 10.8 Å². The van der Waals surface area contributed by atoms with E-state index in [1.165, 1.54) is 24.7 Å². The summed E-state index contributed by atoms with van der Waals surface area (Å²) in [4.78, 5) is 47.8. The molecule has 2 aliphatic heterocycles. The first-order valence-electron chi connectivity index (χ1n) is 10.7. The summed E-state index contributed by atoms with van der Waals surface area (Å²) in [6.45, 7) is 3.12. The van der Waals surface area contributed by atoms with Crippen molar-refractivity contribution < 1.29 is 24.2 Å². The molecular formula is C23H20ClN5O5S. The molecule has 3 amide bonds. The van der Waals surface area contributed by atoms with Gasteiger partial charge in [-0.1, -0.05) is 22.9 Å². The van der Waals surface area contributed by atoms with E-state index in [1.54, 1.807) is 22.8 Å². The van der Waals surface area contributed by atoms with Crippen LogP contribution < -0.4 is 15.0 Å². The second-order valence-corrected chi connectivity index (χ2v) is 9.88. The number of hydrogen-bond donors (Lipinski definition) is 2. The van der Waals surface area contributed by atoms with Crippen molar-refractivity contribution in [3.63, 3.8) is 0 Å². The van der Waals surface area contributed by atoms with Gasteiger partial charge in [0.25, 0.3) is 0 Å². The second kappa shape index (κ2) is 8.82. The number of urea groups is 1. The van der Waals surface area contributed by atoms with Gasteiger partial charge in [-0.2, -0.15) is 0 Å². The van der Waals surface area contributed by atoms with Gasteiger partial charge in [0.2, 0.25) is 11.0 Å². The number of aromatic nitrogens is 2. The van der Waals surface area contributed by atoms with Crippen LogP contribution in [0, 0.1) is 0 Å². The van der Waals surface area contributed by atoms with Crippen molar-refractivity contribution in [1.29, 1.82) is 0 Å². The topological polar surface area (TPSA) is 125 Å². The number of pyridine rings is 1. The quantitative estimate of drug-likeness (QED) is 0.535. The lowest BCUT2D eigenvalue weighted by atomic mass is 9.81. The highest BCUT2D eigenvalue weighted by Crippen LogP contribution is 2.47. The molecule has 0 saturated carbocycles. The average Bonchev–Trinajstić information content (AvgIpc) is 3.53. The van der Waals surface area contributed by atoms with E-state index in [9.17, 15) is 14.4 Å². The number of thiazole rings is 1. The Morgan fingerprint density at radius 3 is 2.77 bits per heavy atom. The van der Waals surface area contributed by atoms with Gasteiger partial charge in [0.05, 0.1) is 18.0 Å². The highest BCUT2D eigenvalue weighted by atomic mass is 35.5. The van der Waals surface area contributed by atoms with Gasteiger partial charge >= 0.3 is 12.0 Å². The number of hydrogen-bond acceptors (Lipinski definition) is 7. The van der Waals surface area contributed by atoms with Gasteiger partial charge in [0.1, 0.15) is 5.75 Å². The minimum absolute atomic E-state index is 0.00229. The molecule has 35 heavy (non-hydrogen) atoms. The normalized spacial score (nSPS) is 18.6. The number of carboxylic acid groups (broad SMARTS) is 1. The van der Waals surface area contributed by atoms with Crippen LogP contribution in [0.2, 0.25) is 5.02 Å². The number of halogens is 1. The van der Waals surface area contributed by atoms with E-state index in [-0.39, 0.29) is 28.7 Å². The molecule has 1 aromatic carbocycles. The lowest BCUT2D eigenvalue weighted by Gasteiger charge is -2.25. The number of carbonyl (C=O) groups is 3. The van der Waals surface area contributed by atoms with Crippen molar-refractivity contribution in [2.45, 2.75) is 18.8 Å². The molecule has 0 radical (unpaired) electrons. The Balaban J connectivity index is 1.33. The molecule has 1 saturated heterocycles. The van der Waals surface area contributed by atoms with E-state index < -0.39 is 5.97 Å². The Bertz CT molecular complexity index is 1350. The maximum atomic E-state index is 13.3. The molecule has 3 aromatic rings. The first-order valence-corrected chi connectivity index (χ1v) is 11.9. The van der Waals surface area contributed by atoms with Gasteiger partial charge < -0.3 is 14.7 Å². The molecule has 2 N–H and O–H groups in total. The van der Waals surface area contributed by atoms with Gasteiger partial charge in [-0.25, -0.2) is 14.6 Å². The number of rotatable bonds is 4. The molecule has 0 bridgehead atoms. The van der Waals surface area contributed by atoms with Crippen LogP contribution in [-0.2, 0) is 10.2 Å². The molecule has 1 unspecified atom stereocenters. The van der Waals surface area contributed by atoms with Crippen molar-refractivity contribution in [2.75, 3.05) is 29.9 Å². The molecule has 4 heterocycles. The Hall–Kier alpha value is -3.70. The van der Waals surface area contributed by atoms with Crippen LogP contribution in [0.3, 0.4) is 0 Å². The molecule has 5 rings (SSSR count). The zero-order valence-electron chi connectivity index (χ0n) is 18.5. The summed E-state index contributed by atoms with van der Waals surface area (Å²) in [6.07, 6.45) is 4.79. The number of aromatic carboxylic acids is 1. The number of anilines is 2. The van der Waals surface area contributed by atoms with E-state index in [0.29, 0.717) is 34.9 Å². The fourth-order valence-corrected chi connectivity index (χ4v) is 5.39. The van der Waals surface area contributed by atoms with E-state index in [0.717, 1.165) is 29.0 Å². The molecule has 1 spiro atoms. The van der Waals surface area contributed by atoms with Crippen molar-refractivity contribution >= 4 is 51.7 Å². The standard InChI is InChI=1S/C23H20ClN5O5S/c1-13(30)28-5-4-23(11-28)12-29(18-3-2-15(24)7-17(18)23)22(33)27-21-26-10-19(35-21)34-16-6-14(20(31)32)8-25-9-16/h2-3,6-10H,4-5,11-12H2,1H3,(H,31,32)(H,26,27,33). The fraction of sp³-hybridized carbons (Fsp3) is 0.261. The molecular weight excluding hydrogens is 494 g/mol. The number of nitrogens with zero attached hydrogens (tertiary/aromatic N) is 4. The molecule has 10 nitrogen and oxygen atoms in total. The number of carboxylic acids is 1. The Morgan fingerprint density at radius 1 is 1.20 bits per heavy atom. The predicted octanol–water partition coefficient (Wildman–Crippen LogP) is 4.22. The smallest absolute Gasteiger partial charge is 0.337 e. The molecule has 12 heteroatoms. The van der Waals surface area contributed by atoms with Crippen molar-refractivity contribution in [2.24, 2.45) is 0 Å². The van der Waals surface area contributed by atoms with E-state index in [2.05, 4.69) is 15.3 Å². The number of nitrogens with one attached hydrogen (secondary N) is 1. The third-order valence-corrected chi connectivity index (χ3v) is 7.23. The molecule has 2 aromatic heterocycles. The zero-order chi connectivity index (χ0) is 24.7. The third-order valence-electron chi connectivity index (χ3n) is 6.20. The highest BCUT2D eigenvalue weighted by molar-refractivity contribution is 7.17. The lowest BCUT2D eigenvalue weighted by Crippen LogP contribution is -2.41. The number of carbonyl (C=O) groups excluding carboxylic acids is 2. The van der Waals surface area contributed by atoms with Crippen LogP contribution in [0.25, 0.3) is 0 Å². The predicted molar refractivity (Wildman–Crippen MR) is 130 cm³/mol. The SMILES string of the molecule is CC(=O)N1CCC2(C1)CN(C(=O)Nc1ncc(Oc3cncc(C(=O)O)c3)s1)c1ccc(Cl)cc12. The molecule has 1 atom stereocenters. The van der Waals surface area contributed by atoms with E-state index >= 15 is 0 Å². The first-order chi connectivity index (χ1) is 16.7. The Kier molecular flexibility index (Phi) is 5.81. The molecule has 180 valence electrons. The van der Waals surface area contributed by atoms with E-state index in [1.807, 2.05) is 12.1 Å². The second-order valence-electron chi connectivity index (χ2n) is 8.45. The minimum atomic E-state index is -1.11. The van der Waals surface area contributed by atoms with Gasteiger partial charge in [-0.15, -0.1) is 0 Å². The summed E-state index contributed by atoms with van der Waals surface area (Å²) in [5, 5.41) is 13.2. The minimum Gasteiger partial charge on any atom is -0.478 e. The van der Waals surface area contributed by atoms with Crippen LogP contribution in [0.4, 0.5) is 15.6 Å². The first kappa shape index (κ1) is 23.1. The monoisotopic (exact) mass is 513 g/mol. The van der Waals surface area contributed by atoms with E-state index in [4.69, 9.17) is 21.4 Å². The largest absolute Gasteiger partial charge is 0.478 e. The summed E-state index contributed by atoms with van der Waals surface area (Å²) in [7, 11) is 0. The summed E-state index contributed by atoms with van der Waals surface area (Å²) in [6, 6.07) is 6.43. The van der Waals surface area contributed by atoms with Crippen LogP contribution >= 0.6 is 22.9 Å². The maximum absolute atomic E-state index is 13.3. The average molecular weight is 514 g/mol. The van der Waals surface area contributed by atoms with Gasteiger partial charge in [0.15, 0.2) is 5.13 Å². The van der Waals surface area contributed by atoms with Crippen molar-refractivity contribution in [3.05, 3.63) is 59.0 Å². The number of amides is 3. The van der Waals surface area contributed by atoms with Crippen LogP contribution in [0.1, 0.15) is 29.3 Å². The summed E-state index contributed by atoms with van der Waals surface area (Å²) in [5.74, 6) is -0.860. The lowest BCUT2D eigenvalue weighted by molar-refractivity contribution is -0.127. The Labute approximate surface area is 209 Å². The van der Waals surface area contributed by atoms with Gasteiger partial charge in [-0.3, -0.25) is 20.0 Å². The van der Waals surface area contributed by atoms with Crippen LogP contribution in [0.15, 0.2) is 42.9 Å². The number of benzene rings is 1.